The highest BCUT2D eigenvalue weighted by molar-refractivity contribution is 5.86. The molecule has 3 aromatic rings. The van der Waals surface area contributed by atoms with Crippen molar-refractivity contribution in [3.63, 3.8) is 0 Å². The number of aromatic hydroxyl groups is 1. The number of phenols is 1. The number of ether oxygens (including phenoxy) is 2. The van der Waals surface area contributed by atoms with Gasteiger partial charge in [0.1, 0.15) is 34.0 Å². The molecule has 0 radical (unpaired) electrons. The molecule has 0 saturated heterocycles. The van der Waals surface area contributed by atoms with Gasteiger partial charge >= 0.3 is 0 Å². The zero-order chi connectivity index (χ0) is 18.8. The Hall–Kier alpha value is -2.95. The van der Waals surface area contributed by atoms with Gasteiger partial charge < -0.3 is 19.0 Å². The fraction of sp³-hybridized carbons (Fsp3) is 0.286. The minimum atomic E-state index is -0.308. The molecule has 0 fully saturated rings. The van der Waals surface area contributed by atoms with Crippen molar-refractivity contribution in [3.05, 3.63) is 52.7 Å². The number of hydrogen-bond donors (Lipinski definition) is 1. The topological polar surface area (TPSA) is 68.9 Å². The van der Waals surface area contributed by atoms with Crippen molar-refractivity contribution in [1.29, 1.82) is 0 Å². The molecule has 1 heterocycles. The van der Waals surface area contributed by atoms with Gasteiger partial charge in [0, 0.05) is 23.8 Å². The van der Waals surface area contributed by atoms with Crippen molar-refractivity contribution in [2.45, 2.75) is 39.9 Å². The van der Waals surface area contributed by atoms with Crippen LogP contribution < -0.4 is 14.9 Å². The van der Waals surface area contributed by atoms with E-state index in [0.717, 1.165) is 11.3 Å². The van der Waals surface area contributed by atoms with Crippen LogP contribution in [0.3, 0.4) is 0 Å². The van der Waals surface area contributed by atoms with Gasteiger partial charge in [-0.15, -0.1) is 0 Å². The van der Waals surface area contributed by atoms with E-state index in [2.05, 4.69) is 0 Å². The fourth-order valence-corrected chi connectivity index (χ4v) is 2.70. The Balaban J connectivity index is 2.05. The Labute approximate surface area is 151 Å². The van der Waals surface area contributed by atoms with Crippen molar-refractivity contribution in [2.75, 3.05) is 0 Å². The summed E-state index contributed by atoms with van der Waals surface area (Å²) in [5, 5.41) is 10.3. The number of benzene rings is 2. The molecule has 0 unspecified atom stereocenters. The molecule has 0 amide bonds. The van der Waals surface area contributed by atoms with Gasteiger partial charge in [-0.05, 0) is 52.0 Å². The standard InChI is InChI=1S/C21H22O5/c1-12(2)24-15-7-5-14(6-8-15)19-11-18(23)21-17(22)9-16(25-13(3)4)10-20(21)26-19/h5-13,22H,1-4H3. The Kier molecular flexibility index (Phi) is 4.89. The van der Waals surface area contributed by atoms with Gasteiger partial charge in [0.15, 0.2) is 5.43 Å². The number of hydrogen-bond acceptors (Lipinski definition) is 5. The molecule has 0 aliphatic heterocycles. The third-order valence-corrected chi connectivity index (χ3v) is 3.67. The Morgan fingerprint density at radius 1 is 0.885 bits per heavy atom. The summed E-state index contributed by atoms with van der Waals surface area (Å²) in [7, 11) is 0. The van der Waals surface area contributed by atoms with Crippen molar-refractivity contribution in [2.24, 2.45) is 0 Å². The van der Waals surface area contributed by atoms with E-state index in [0.29, 0.717) is 11.5 Å². The monoisotopic (exact) mass is 354 g/mol. The van der Waals surface area contributed by atoms with Crippen molar-refractivity contribution in [3.8, 4) is 28.6 Å². The number of rotatable bonds is 5. The van der Waals surface area contributed by atoms with E-state index < -0.39 is 0 Å². The molecule has 136 valence electrons. The lowest BCUT2D eigenvalue weighted by Gasteiger charge is -2.12. The minimum absolute atomic E-state index is 0.0599. The van der Waals surface area contributed by atoms with E-state index in [1.165, 1.54) is 12.1 Å². The highest BCUT2D eigenvalue weighted by Gasteiger charge is 2.13. The summed E-state index contributed by atoms with van der Waals surface area (Å²) >= 11 is 0. The first-order chi connectivity index (χ1) is 12.3. The first-order valence-electron chi connectivity index (χ1n) is 8.58. The summed E-state index contributed by atoms with van der Waals surface area (Å²) in [5.74, 6) is 1.46. The molecule has 0 saturated carbocycles. The molecule has 1 N–H and O–H groups in total. The molecule has 1 aromatic heterocycles. The third-order valence-electron chi connectivity index (χ3n) is 3.67. The average molecular weight is 354 g/mol. The van der Waals surface area contributed by atoms with E-state index in [1.54, 1.807) is 6.07 Å². The van der Waals surface area contributed by atoms with Crippen LogP contribution in [0.1, 0.15) is 27.7 Å². The maximum Gasteiger partial charge on any atom is 0.197 e. The van der Waals surface area contributed by atoms with Crippen molar-refractivity contribution in [1.82, 2.24) is 0 Å². The van der Waals surface area contributed by atoms with Crippen LogP contribution in [0.25, 0.3) is 22.3 Å². The highest BCUT2D eigenvalue weighted by atomic mass is 16.5. The smallest absolute Gasteiger partial charge is 0.197 e. The van der Waals surface area contributed by atoms with Crippen LogP contribution in [-0.4, -0.2) is 17.3 Å². The lowest BCUT2D eigenvalue weighted by Crippen LogP contribution is -2.06. The van der Waals surface area contributed by atoms with Crippen LogP contribution in [0.4, 0.5) is 0 Å². The van der Waals surface area contributed by atoms with Gasteiger partial charge in [0.25, 0.3) is 0 Å². The van der Waals surface area contributed by atoms with E-state index >= 15 is 0 Å². The maximum absolute atomic E-state index is 12.5. The van der Waals surface area contributed by atoms with E-state index in [4.69, 9.17) is 13.9 Å². The van der Waals surface area contributed by atoms with Crippen LogP contribution >= 0.6 is 0 Å². The maximum atomic E-state index is 12.5. The van der Waals surface area contributed by atoms with Crippen molar-refractivity contribution >= 4 is 11.0 Å². The Morgan fingerprint density at radius 3 is 2.12 bits per heavy atom. The zero-order valence-corrected chi connectivity index (χ0v) is 15.3. The lowest BCUT2D eigenvalue weighted by molar-refractivity contribution is 0.241. The number of fused-ring (bicyclic) bond motifs is 1. The first-order valence-corrected chi connectivity index (χ1v) is 8.58. The molecule has 5 heteroatoms. The fourth-order valence-electron chi connectivity index (χ4n) is 2.70. The van der Waals surface area contributed by atoms with E-state index in [1.807, 2.05) is 52.0 Å². The van der Waals surface area contributed by atoms with Gasteiger partial charge in [-0.25, -0.2) is 0 Å². The molecular formula is C21H22O5. The van der Waals surface area contributed by atoms with Gasteiger partial charge in [-0.1, -0.05) is 0 Å². The average Bonchev–Trinajstić information content (AvgIpc) is 2.53. The molecule has 0 spiro atoms. The van der Waals surface area contributed by atoms with Crippen LogP contribution in [0.2, 0.25) is 0 Å². The second-order valence-corrected chi connectivity index (χ2v) is 6.65. The summed E-state index contributed by atoms with van der Waals surface area (Å²) in [6, 6.07) is 11.7. The van der Waals surface area contributed by atoms with Gasteiger partial charge in [0.2, 0.25) is 0 Å². The normalized spacial score (nSPS) is 11.3. The molecule has 3 rings (SSSR count). The van der Waals surface area contributed by atoms with E-state index in [9.17, 15) is 9.90 Å². The molecule has 0 atom stereocenters. The van der Waals surface area contributed by atoms with Crippen LogP contribution in [0, 0.1) is 0 Å². The summed E-state index contributed by atoms with van der Waals surface area (Å²) in [6.45, 7) is 7.68. The highest BCUT2D eigenvalue weighted by Crippen LogP contribution is 2.32. The quantitative estimate of drug-likeness (QED) is 0.717. The third kappa shape index (κ3) is 3.82. The van der Waals surface area contributed by atoms with Crippen LogP contribution in [0.15, 0.2) is 51.7 Å². The molecular weight excluding hydrogens is 332 g/mol. The molecule has 0 bridgehead atoms. The van der Waals surface area contributed by atoms with E-state index in [-0.39, 0.29) is 34.4 Å². The summed E-state index contributed by atoms with van der Waals surface area (Å²) in [6.07, 6.45) is 0.0251. The first kappa shape index (κ1) is 17.9. The number of phenolic OH excluding ortho intramolecular Hbond substituents is 1. The Morgan fingerprint density at radius 2 is 1.50 bits per heavy atom. The summed E-state index contributed by atoms with van der Waals surface area (Å²) < 4.78 is 17.1. The van der Waals surface area contributed by atoms with Gasteiger partial charge in [0.05, 0.1) is 12.2 Å². The SMILES string of the molecule is CC(C)Oc1ccc(-c2cc(=O)c3c(O)cc(OC(C)C)cc3o2)cc1. The zero-order valence-electron chi connectivity index (χ0n) is 15.3. The second-order valence-electron chi connectivity index (χ2n) is 6.65. The molecule has 0 aliphatic rings. The van der Waals surface area contributed by atoms with Gasteiger partial charge in [-0.3, -0.25) is 4.79 Å². The van der Waals surface area contributed by atoms with Crippen molar-refractivity contribution < 1.29 is 19.0 Å². The van der Waals surface area contributed by atoms with Gasteiger partial charge in [-0.2, -0.15) is 0 Å². The predicted octanol–water partition coefficient (Wildman–Crippen LogP) is 4.74. The molecule has 5 nitrogen and oxygen atoms in total. The van der Waals surface area contributed by atoms with Crippen LogP contribution in [-0.2, 0) is 0 Å². The Bertz CT molecular complexity index is 968. The second kappa shape index (κ2) is 7.12. The molecule has 0 aliphatic carbocycles. The summed E-state index contributed by atoms with van der Waals surface area (Å²) in [5.41, 5.74) is 0.720. The largest absolute Gasteiger partial charge is 0.507 e. The minimum Gasteiger partial charge on any atom is -0.507 e. The molecule has 2 aromatic carbocycles. The predicted molar refractivity (Wildman–Crippen MR) is 101 cm³/mol. The summed E-state index contributed by atoms with van der Waals surface area (Å²) in [4.78, 5) is 12.5. The lowest BCUT2D eigenvalue weighted by atomic mass is 10.1. The molecule has 26 heavy (non-hydrogen) atoms. The van der Waals surface area contributed by atoms with Crippen LogP contribution in [0.5, 0.6) is 17.2 Å².